The van der Waals surface area contributed by atoms with Gasteiger partial charge in [-0.25, -0.2) is 4.39 Å². The second-order valence-electron chi connectivity index (χ2n) is 5.53. The molecule has 26 heavy (non-hydrogen) atoms. The maximum absolute atomic E-state index is 13.2. The topological polar surface area (TPSA) is 77.2 Å². The molecule has 134 valence electrons. The Bertz CT molecular complexity index is 878. The van der Waals surface area contributed by atoms with Gasteiger partial charge in [-0.05, 0) is 43.3 Å². The Balaban J connectivity index is 1.53. The molecule has 2 aromatic carbocycles. The van der Waals surface area contributed by atoms with Gasteiger partial charge in [-0.2, -0.15) is 4.98 Å². The summed E-state index contributed by atoms with van der Waals surface area (Å²) in [6.07, 6.45) is 0.489. The van der Waals surface area contributed by atoms with Crippen LogP contribution in [0.25, 0.3) is 11.4 Å². The summed E-state index contributed by atoms with van der Waals surface area (Å²) in [5, 5.41) is 6.61. The zero-order valence-electron chi connectivity index (χ0n) is 14.2. The number of amides is 1. The number of aromatic nitrogens is 2. The number of rotatable bonds is 7. The molecular weight excluding hydrogens is 337 g/mol. The highest BCUT2D eigenvalue weighted by Crippen LogP contribution is 2.18. The fraction of sp³-hybridized carbons (Fsp3) is 0.211. The lowest BCUT2D eigenvalue weighted by Crippen LogP contribution is -2.12. The van der Waals surface area contributed by atoms with Crippen molar-refractivity contribution in [2.24, 2.45) is 0 Å². The van der Waals surface area contributed by atoms with Crippen LogP contribution < -0.4 is 10.1 Å². The largest absolute Gasteiger partial charge is 0.494 e. The third-order valence-electron chi connectivity index (χ3n) is 3.57. The molecule has 3 rings (SSSR count). The molecule has 0 atom stereocenters. The van der Waals surface area contributed by atoms with E-state index in [-0.39, 0.29) is 18.1 Å². The van der Waals surface area contributed by atoms with E-state index in [0.29, 0.717) is 36.0 Å². The SMILES string of the molecule is CCOc1ccc(NC(=O)CCc2nc(-c3cccc(F)c3)no2)cc1. The van der Waals surface area contributed by atoms with Crippen molar-refractivity contribution in [3.05, 3.63) is 60.2 Å². The average molecular weight is 355 g/mol. The van der Waals surface area contributed by atoms with Gasteiger partial charge in [-0.3, -0.25) is 4.79 Å². The second kappa shape index (κ2) is 8.24. The first-order valence-electron chi connectivity index (χ1n) is 8.25. The highest BCUT2D eigenvalue weighted by Gasteiger charge is 2.11. The number of benzene rings is 2. The van der Waals surface area contributed by atoms with E-state index in [1.165, 1.54) is 12.1 Å². The summed E-state index contributed by atoms with van der Waals surface area (Å²) in [6.45, 7) is 2.50. The van der Waals surface area contributed by atoms with Crippen LogP contribution in [-0.2, 0) is 11.2 Å². The minimum absolute atomic E-state index is 0.167. The molecule has 0 aliphatic carbocycles. The fourth-order valence-electron chi connectivity index (χ4n) is 2.35. The molecule has 0 bridgehead atoms. The van der Waals surface area contributed by atoms with Crippen LogP contribution in [0.4, 0.5) is 10.1 Å². The lowest BCUT2D eigenvalue weighted by Gasteiger charge is -2.06. The van der Waals surface area contributed by atoms with E-state index in [0.717, 1.165) is 5.75 Å². The number of hydrogen-bond acceptors (Lipinski definition) is 5. The molecule has 0 saturated heterocycles. The van der Waals surface area contributed by atoms with Crippen LogP contribution in [0.5, 0.6) is 5.75 Å². The molecular formula is C19H18FN3O3. The predicted molar refractivity (Wildman–Crippen MR) is 94.3 cm³/mol. The quantitative estimate of drug-likeness (QED) is 0.697. The molecule has 3 aromatic rings. The summed E-state index contributed by atoms with van der Waals surface area (Å²) < 4.78 is 23.7. The minimum atomic E-state index is -0.372. The Labute approximate surface area is 150 Å². The van der Waals surface area contributed by atoms with E-state index in [1.807, 2.05) is 6.92 Å². The first-order valence-corrected chi connectivity index (χ1v) is 8.25. The summed E-state index contributed by atoms with van der Waals surface area (Å²) in [6, 6.07) is 13.1. The van der Waals surface area contributed by atoms with Crippen LogP contribution in [0.3, 0.4) is 0 Å². The Morgan fingerprint density at radius 3 is 2.77 bits per heavy atom. The van der Waals surface area contributed by atoms with E-state index in [2.05, 4.69) is 15.5 Å². The molecule has 6 nitrogen and oxygen atoms in total. The number of carbonyl (C=O) groups excluding carboxylic acids is 1. The molecule has 7 heteroatoms. The van der Waals surface area contributed by atoms with E-state index in [1.54, 1.807) is 36.4 Å². The summed E-state index contributed by atoms with van der Waals surface area (Å²) in [5.74, 6) is 0.835. The monoisotopic (exact) mass is 355 g/mol. The molecule has 0 spiro atoms. The molecule has 0 unspecified atom stereocenters. The fourth-order valence-corrected chi connectivity index (χ4v) is 2.35. The number of nitrogens with one attached hydrogen (secondary N) is 1. The van der Waals surface area contributed by atoms with Crippen molar-refractivity contribution >= 4 is 11.6 Å². The molecule has 0 saturated carbocycles. The zero-order chi connectivity index (χ0) is 18.4. The van der Waals surface area contributed by atoms with Crippen LogP contribution >= 0.6 is 0 Å². The molecule has 1 N–H and O–H groups in total. The normalized spacial score (nSPS) is 10.5. The van der Waals surface area contributed by atoms with Gasteiger partial charge in [0.05, 0.1) is 6.61 Å². The van der Waals surface area contributed by atoms with Crippen LogP contribution in [0, 0.1) is 5.82 Å². The van der Waals surface area contributed by atoms with Gasteiger partial charge < -0.3 is 14.6 Å². The van der Waals surface area contributed by atoms with Crippen molar-refractivity contribution in [2.75, 3.05) is 11.9 Å². The van der Waals surface area contributed by atoms with Crippen LogP contribution in [-0.4, -0.2) is 22.7 Å². The maximum Gasteiger partial charge on any atom is 0.227 e. The molecule has 1 aromatic heterocycles. The molecule has 0 aliphatic heterocycles. The van der Waals surface area contributed by atoms with Crippen molar-refractivity contribution in [3.63, 3.8) is 0 Å². The van der Waals surface area contributed by atoms with Crippen LogP contribution in [0.2, 0.25) is 0 Å². The minimum Gasteiger partial charge on any atom is -0.494 e. The smallest absolute Gasteiger partial charge is 0.227 e. The van der Waals surface area contributed by atoms with Crippen LogP contribution in [0.15, 0.2) is 53.1 Å². The van der Waals surface area contributed by atoms with Crippen molar-refractivity contribution in [2.45, 2.75) is 19.8 Å². The van der Waals surface area contributed by atoms with Gasteiger partial charge in [0.25, 0.3) is 0 Å². The standard InChI is InChI=1S/C19H18FN3O3/c1-2-25-16-8-6-15(7-9-16)21-17(24)10-11-18-22-19(23-26-18)13-4-3-5-14(20)12-13/h3-9,12H,2,10-11H2,1H3,(H,21,24). The molecule has 0 aliphatic rings. The average Bonchev–Trinajstić information content (AvgIpc) is 3.11. The van der Waals surface area contributed by atoms with Crippen molar-refractivity contribution in [1.29, 1.82) is 0 Å². The molecule has 1 heterocycles. The molecule has 0 fully saturated rings. The number of hydrogen-bond donors (Lipinski definition) is 1. The van der Waals surface area contributed by atoms with Gasteiger partial charge in [0.2, 0.25) is 17.6 Å². The predicted octanol–water partition coefficient (Wildman–Crippen LogP) is 3.85. The first-order chi connectivity index (χ1) is 12.6. The zero-order valence-corrected chi connectivity index (χ0v) is 14.2. The van der Waals surface area contributed by atoms with E-state index in [4.69, 9.17) is 9.26 Å². The van der Waals surface area contributed by atoms with Gasteiger partial charge >= 0.3 is 0 Å². The third-order valence-corrected chi connectivity index (χ3v) is 3.57. The number of halogens is 1. The van der Waals surface area contributed by atoms with E-state index < -0.39 is 0 Å². The summed E-state index contributed by atoms with van der Waals surface area (Å²) in [5.41, 5.74) is 1.21. The summed E-state index contributed by atoms with van der Waals surface area (Å²) >= 11 is 0. The van der Waals surface area contributed by atoms with Gasteiger partial charge in [-0.15, -0.1) is 0 Å². The second-order valence-corrected chi connectivity index (χ2v) is 5.53. The Morgan fingerprint density at radius 2 is 2.04 bits per heavy atom. The third kappa shape index (κ3) is 4.66. The van der Waals surface area contributed by atoms with E-state index >= 15 is 0 Å². The highest BCUT2D eigenvalue weighted by molar-refractivity contribution is 5.90. The van der Waals surface area contributed by atoms with Gasteiger partial charge in [0.15, 0.2) is 0 Å². The Hall–Kier alpha value is -3.22. The molecule has 1 amide bonds. The van der Waals surface area contributed by atoms with Crippen molar-refractivity contribution in [1.82, 2.24) is 10.1 Å². The lowest BCUT2D eigenvalue weighted by atomic mass is 10.2. The van der Waals surface area contributed by atoms with Crippen LogP contribution in [0.1, 0.15) is 19.2 Å². The lowest BCUT2D eigenvalue weighted by molar-refractivity contribution is -0.116. The van der Waals surface area contributed by atoms with Gasteiger partial charge in [0, 0.05) is 24.1 Å². The highest BCUT2D eigenvalue weighted by atomic mass is 19.1. The molecule has 0 radical (unpaired) electrons. The summed E-state index contributed by atoms with van der Waals surface area (Å²) in [7, 11) is 0. The number of nitrogens with zero attached hydrogens (tertiary/aromatic N) is 2. The number of carbonyl (C=O) groups is 1. The van der Waals surface area contributed by atoms with Gasteiger partial charge in [0.1, 0.15) is 11.6 Å². The number of aryl methyl sites for hydroxylation is 1. The van der Waals surface area contributed by atoms with Crippen molar-refractivity contribution in [3.8, 4) is 17.1 Å². The summed E-state index contributed by atoms with van der Waals surface area (Å²) in [4.78, 5) is 16.2. The Kier molecular flexibility index (Phi) is 5.58. The maximum atomic E-state index is 13.2. The van der Waals surface area contributed by atoms with Gasteiger partial charge in [-0.1, -0.05) is 17.3 Å². The van der Waals surface area contributed by atoms with Crippen molar-refractivity contribution < 1.29 is 18.4 Å². The Morgan fingerprint density at radius 1 is 1.23 bits per heavy atom. The first kappa shape index (κ1) is 17.6. The van der Waals surface area contributed by atoms with E-state index in [9.17, 15) is 9.18 Å². The number of anilines is 1. The number of ether oxygens (including phenoxy) is 1.